The van der Waals surface area contributed by atoms with Crippen LogP contribution in [0.4, 0.5) is 0 Å². The molecule has 0 amide bonds. The van der Waals surface area contributed by atoms with Crippen molar-refractivity contribution in [3.63, 3.8) is 0 Å². The van der Waals surface area contributed by atoms with Crippen molar-refractivity contribution in [3.05, 3.63) is 40.8 Å². The first kappa shape index (κ1) is 17.1. The van der Waals surface area contributed by atoms with Crippen molar-refractivity contribution >= 4 is 10.8 Å². The molecule has 0 bridgehead atoms. The fourth-order valence-corrected chi connectivity index (χ4v) is 3.24. The second kappa shape index (κ2) is 8.38. The highest BCUT2D eigenvalue weighted by Gasteiger charge is 2.15. The van der Waals surface area contributed by atoms with E-state index < -0.39 is 16.9 Å². The van der Waals surface area contributed by atoms with Gasteiger partial charge in [-0.2, -0.15) is 0 Å². The highest BCUT2D eigenvalue weighted by Crippen LogP contribution is 2.21. The minimum absolute atomic E-state index is 0.205. The first-order valence-electron chi connectivity index (χ1n) is 7.32. The molecule has 0 saturated carbocycles. The van der Waals surface area contributed by atoms with Gasteiger partial charge >= 0.3 is 0 Å². The number of unbranched alkanes of at least 4 members (excludes halogenated alkanes) is 1. The lowest BCUT2D eigenvalue weighted by atomic mass is 9.96. The largest absolute Gasteiger partial charge is 0.389 e. The summed E-state index contributed by atoms with van der Waals surface area (Å²) < 4.78 is 12.4. The fourth-order valence-electron chi connectivity index (χ4n) is 2.03. The van der Waals surface area contributed by atoms with Gasteiger partial charge in [-0.15, -0.1) is 0 Å². The van der Waals surface area contributed by atoms with Gasteiger partial charge in [0.15, 0.2) is 0 Å². The topological polar surface area (TPSA) is 37.3 Å². The molecule has 0 aliphatic heterocycles. The molecular formula is C17H26O2S. The third-order valence-corrected chi connectivity index (χ3v) is 4.60. The molecule has 0 aliphatic rings. The van der Waals surface area contributed by atoms with Crippen molar-refractivity contribution in [2.75, 3.05) is 0 Å². The third kappa shape index (κ3) is 5.22. The lowest BCUT2D eigenvalue weighted by Crippen LogP contribution is -2.15. The molecule has 20 heavy (non-hydrogen) atoms. The summed E-state index contributed by atoms with van der Waals surface area (Å²) in [6, 6.07) is 7.70. The normalized spacial score (nSPS) is 15.4. The highest BCUT2D eigenvalue weighted by atomic mass is 32.2. The average molecular weight is 294 g/mol. The molecule has 0 aromatic heterocycles. The number of aliphatic hydroxyl groups is 1. The molecule has 2 atom stereocenters. The van der Waals surface area contributed by atoms with E-state index in [0.29, 0.717) is 0 Å². The van der Waals surface area contributed by atoms with Crippen LogP contribution in [0.15, 0.2) is 40.1 Å². The first-order chi connectivity index (χ1) is 9.45. The number of aliphatic hydroxyl groups excluding tert-OH is 1. The maximum Gasteiger partial charge on any atom is 0.0776 e. The second-order valence-electron chi connectivity index (χ2n) is 5.54. The summed E-state index contributed by atoms with van der Waals surface area (Å²) in [6.07, 6.45) is 2.31. The fraction of sp³-hybridized carbons (Fsp3) is 0.529. The molecular weight excluding hydrogens is 268 g/mol. The molecule has 112 valence electrons. The average Bonchev–Trinajstić information content (AvgIpc) is 2.42. The van der Waals surface area contributed by atoms with Crippen LogP contribution in [-0.2, 0) is 10.8 Å². The SMILES string of the molecule is CCCC[C@H](O)/C(=C\[S@@](=O)c1ccc(C)cc1)C(C)C. The van der Waals surface area contributed by atoms with Crippen molar-refractivity contribution in [3.8, 4) is 0 Å². The van der Waals surface area contributed by atoms with E-state index in [0.717, 1.165) is 35.3 Å². The Bertz CT molecular complexity index is 460. The van der Waals surface area contributed by atoms with Gasteiger partial charge in [-0.3, -0.25) is 0 Å². The molecule has 0 radical (unpaired) electrons. The molecule has 0 fully saturated rings. The van der Waals surface area contributed by atoms with Gasteiger partial charge in [-0.1, -0.05) is 51.3 Å². The summed E-state index contributed by atoms with van der Waals surface area (Å²) >= 11 is 0. The Balaban J connectivity index is 2.90. The van der Waals surface area contributed by atoms with Crippen molar-refractivity contribution in [1.82, 2.24) is 0 Å². The molecule has 1 aromatic rings. The van der Waals surface area contributed by atoms with E-state index in [2.05, 4.69) is 6.92 Å². The first-order valence-corrected chi connectivity index (χ1v) is 8.54. The van der Waals surface area contributed by atoms with Gasteiger partial charge in [0.25, 0.3) is 0 Å². The molecule has 0 heterocycles. The van der Waals surface area contributed by atoms with E-state index in [4.69, 9.17) is 0 Å². The number of benzene rings is 1. The van der Waals surface area contributed by atoms with Crippen LogP contribution in [0.1, 0.15) is 45.6 Å². The molecule has 1 N–H and O–H groups in total. The van der Waals surface area contributed by atoms with Crippen LogP contribution < -0.4 is 0 Å². The summed E-state index contributed by atoms with van der Waals surface area (Å²) in [6.45, 7) is 8.19. The maximum absolute atomic E-state index is 12.4. The zero-order valence-electron chi connectivity index (χ0n) is 12.9. The van der Waals surface area contributed by atoms with Crippen LogP contribution in [0.25, 0.3) is 0 Å². The van der Waals surface area contributed by atoms with Crippen LogP contribution in [0.3, 0.4) is 0 Å². The zero-order valence-corrected chi connectivity index (χ0v) is 13.7. The van der Waals surface area contributed by atoms with E-state index in [1.165, 1.54) is 0 Å². The van der Waals surface area contributed by atoms with Crippen LogP contribution in [-0.4, -0.2) is 15.4 Å². The summed E-state index contributed by atoms with van der Waals surface area (Å²) in [5.74, 6) is 0.205. The number of aryl methyl sites for hydroxylation is 1. The Hall–Kier alpha value is -0.930. The monoisotopic (exact) mass is 294 g/mol. The summed E-state index contributed by atoms with van der Waals surface area (Å²) in [5.41, 5.74) is 2.04. The maximum atomic E-state index is 12.4. The predicted molar refractivity (Wildman–Crippen MR) is 86.0 cm³/mol. The van der Waals surface area contributed by atoms with Gasteiger partial charge in [0.2, 0.25) is 0 Å². The molecule has 0 aliphatic carbocycles. The standard InChI is InChI=1S/C17H26O2S/c1-5-6-7-17(18)16(13(2)3)12-20(19)15-10-8-14(4)9-11-15/h8-13,17-18H,5-7H2,1-4H3/b16-12-/t17-,20+/m0/s1. The predicted octanol–water partition coefficient (Wildman–Crippen LogP) is 4.19. The molecule has 0 saturated heterocycles. The Morgan fingerprint density at radius 3 is 2.40 bits per heavy atom. The molecule has 1 aromatic carbocycles. The second-order valence-corrected chi connectivity index (χ2v) is 6.84. The van der Waals surface area contributed by atoms with Crippen molar-refractivity contribution < 1.29 is 9.32 Å². The Kier molecular flexibility index (Phi) is 7.17. The number of hydrogen-bond acceptors (Lipinski definition) is 2. The molecule has 0 unspecified atom stereocenters. The van der Waals surface area contributed by atoms with Gasteiger partial charge in [0, 0.05) is 10.3 Å². The van der Waals surface area contributed by atoms with E-state index in [1.54, 1.807) is 5.41 Å². The van der Waals surface area contributed by atoms with Gasteiger partial charge in [-0.25, -0.2) is 4.21 Å². The summed E-state index contributed by atoms with van der Waals surface area (Å²) in [5, 5.41) is 12.0. The summed E-state index contributed by atoms with van der Waals surface area (Å²) in [7, 11) is -1.19. The van der Waals surface area contributed by atoms with E-state index in [9.17, 15) is 9.32 Å². The van der Waals surface area contributed by atoms with Crippen molar-refractivity contribution in [2.24, 2.45) is 5.92 Å². The molecule has 3 heteroatoms. The van der Waals surface area contributed by atoms with Crippen LogP contribution in [0, 0.1) is 12.8 Å². The Labute approximate surface area is 125 Å². The molecule has 0 spiro atoms. The van der Waals surface area contributed by atoms with Gasteiger partial charge < -0.3 is 5.11 Å². The lowest BCUT2D eigenvalue weighted by molar-refractivity contribution is 0.187. The third-order valence-electron chi connectivity index (χ3n) is 3.38. The van der Waals surface area contributed by atoms with E-state index in [1.807, 2.05) is 45.0 Å². The van der Waals surface area contributed by atoms with E-state index in [-0.39, 0.29) is 5.92 Å². The number of hydrogen-bond donors (Lipinski definition) is 1. The minimum atomic E-state index is -1.19. The summed E-state index contributed by atoms with van der Waals surface area (Å²) in [4.78, 5) is 0.788. The lowest BCUT2D eigenvalue weighted by Gasteiger charge is -2.18. The number of rotatable bonds is 7. The van der Waals surface area contributed by atoms with Gasteiger partial charge in [-0.05, 0) is 37.0 Å². The molecule has 1 rings (SSSR count). The van der Waals surface area contributed by atoms with Crippen LogP contribution in [0.2, 0.25) is 0 Å². The highest BCUT2D eigenvalue weighted by molar-refractivity contribution is 7.88. The smallest absolute Gasteiger partial charge is 0.0776 e. The Morgan fingerprint density at radius 2 is 1.90 bits per heavy atom. The van der Waals surface area contributed by atoms with Crippen LogP contribution in [0.5, 0.6) is 0 Å². The van der Waals surface area contributed by atoms with Crippen molar-refractivity contribution in [2.45, 2.75) is 58.0 Å². The minimum Gasteiger partial charge on any atom is -0.389 e. The molecule has 2 nitrogen and oxygen atoms in total. The van der Waals surface area contributed by atoms with E-state index >= 15 is 0 Å². The zero-order chi connectivity index (χ0) is 15.1. The van der Waals surface area contributed by atoms with Crippen molar-refractivity contribution in [1.29, 1.82) is 0 Å². The quantitative estimate of drug-likeness (QED) is 0.818. The Morgan fingerprint density at radius 1 is 1.30 bits per heavy atom. The van der Waals surface area contributed by atoms with Gasteiger partial charge in [0.05, 0.1) is 16.9 Å². The van der Waals surface area contributed by atoms with Gasteiger partial charge in [0.1, 0.15) is 0 Å². The van der Waals surface area contributed by atoms with Crippen LogP contribution >= 0.6 is 0 Å².